The van der Waals surface area contributed by atoms with Crippen molar-refractivity contribution in [1.82, 2.24) is 5.32 Å². The van der Waals surface area contributed by atoms with Crippen molar-refractivity contribution in [3.63, 3.8) is 0 Å². The summed E-state index contributed by atoms with van der Waals surface area (Å²) in [7, 11) is 0. The zero-order valence-corrected chi connectivity index (χ0v) is 15.4. The van der Waals surface area contributed by atoms with Crippen molar-refractivity contribution in [2.24, 2.45) is 11.8 Å². The van der Waals surface area contributed by atoms with Gasteiger partial charge in [0.15, 0.2) is 0 Å². The first kappa shape index (κ1) is 16.8. The first-order valence-corrected chi connectivity index (χ1v) is 9.02. The minimum Gasteiger partial charge on any atom is -0.369 e. The van der Waals surface area contributed by atoms with E-state index in [2.05, 4.69) is 72.0 Å². The van der Waals surface area contributed by atoms with Crippen molar-refractivity contribution in [2.45, 2.75) is 53.1 Å². The van der Waals surface area contributed by atoms with Gasteiger partial charge in [-0.1, -0.05) is 42.8 Å². The first-order chi connectivity index (χ1) is 9.97. The molecule has 118 valence electrons. The molecule has 1 fully saturated rings. The highest BCUT2D eigenvalue weighted by Gasteiger charge is 2.23. The van der Waals surface area contributed by atoms with Crippen LogP contribution in [0, 0.1) is 11.8 Å². The molecule has 0 radical (unpaired) electrons. The first-order valence-electron chi connectivity index (χ1n) is 8.23. The molecule has 2 nitrogen and oxygen atoms in total. The Labute approximate surface area is 138 Å². The zero-order chi connectivity index (χ0) is 15.4. The van der Waals surface area contributed by atoms with Gasteiger partial charge >= 0.3 is 0 Å². The van der Waals surface area contributed by atoms with E-state index in [1.54, 1.807) is 0 Å². The van der Waals surface area contributed by atoms with Crippen LogP contribution in [-0.2, 0) is 6.54 Å². The molecule has 2 rings (SSSR count). The van der Waals surface area contributed by atoms with Crippen LogP contribution in [-0.4, -0.2) is 19.1 Å². The van der Waals surface area contributed by atoms with Crippen molar-refractivity contribution in [3.05, 3.63) is 28.2 Å². The highest BCUT2D eigenvalue weighted by Crippen LogP contribution is 2.30. The Morgan fingerprint density at radius 1 is 1.29 bits per heavy atom. The molecule has 0 amide bonds. The van der Waals surface area contributed by atoms with Gasteiger partial charge in [-0.05, 0) is 55.8 Å². The Hall–Kier alpha value is -0.540. The molecule has 1 heterocycles. The number of anilines is 1. The third-order valence-corrected chi connectivity index (χ3v) is 5.09. The number of piperidine rings is 1. The summed E-state index contributed by atoms with van der Waals surface area (Å²) >= 11 is 3.75. The predicted octanol–water partition coefficient (Wildman–Crippen LogP) is 4.82. The number of rotatable bonds is 5. The number of nitrogens with zero attached hydrogens (tertiary/aromatic N) is 1. The van der Waals surface area contributed by atoms with Crippen LogP contribution < -0.4 is 10.2 Å². The topological polar surface area (TPSA) is 15.3 Å². The van der Waals surface area contributed by atoms with Crippen molar-refractivity contribution < 1.29 is 0 Å². The second-order valence-electron chi connectivity index (χ2n) is 6.98. The maximum Gasteiger partial charge on any atom is 0.0380 e. The molecule has 21 heavy (non-hydrogen) atoms. The Morgan fingerprint density at radius 2 is 2.05 bits per heavy atom. The van der Waals surface area contributed by atoms with E-state index in [0.717, 1.165) is 19.0 Å². The van der Waals surface area contributed by atoms with Crippen molar-refractivity contribution >= 4 is 21.6 Å². The molecule has 3 heteroatoms. The lowest BCUT2D eigenvalue weighted by Gasteiger charge is -2.38. The summed E-state index contributed by atoms with van der Waals surface area (Å²) < 4.78 is 1.22. The standard InChI is InChI=1S/C18H29BrN2/c1-13(2)10-20-11-16-7-8-17(9-18(16)19)21-12-14(3)5-6-15(21)4/h7-9,13-15,20H,5-6,10-12H2,1-4H3. The fourth-order valence-electron chi connectivity index (χ4n) is 3.00. The fraction of sp³-hybridized carbons (Fsp3) is 0.667. The molecular weight excluding hydrogens is 324 g/mol. The minimum absolute atomic E-state index is 0.651. The van der Waals surface area contributed by atoms with Gasteiger partial charge in [0.1, 0.15) is 0 Å². The molecule has 1 saturated heterocycles. The molecule has 0 bridgehead atoms. The second-order valence-corrected chi connectivity index (χ2v) is 7.84. The maximum absolute atomic E-state index is 3.75. The highest BCUT2D eigenvalue weighted by atomic mass is 79.9. The molecule has 1 aliphatic heterocycles. The van der Waals surface area contributed by atoms with Crippen LogP contribution in [0.2, 0.25) is 0 Å². The highest BCUT2D eigenvalue weighted by molar-refractivity contribution is 9.10. The molecule has 0 spiro atoms. The van der Waals surface area contributed by atoms with E-state index in [-0.39, 0.29) is 0 Å². The third kappa shape index (κ3) is 4.72. The number of nitrogens with one attached hydrogen (secondary N) is 1. The number of hydrogen-bond acceptors (Lipinski definition) is 2. The Balaban J connectivity index is 2.04. The quantitative estimate of drug-likeness (QED) is 0.816. The fourth-order valence-corrected chi connectivity index (χ4v) is 3.51. The van der Waals surface area contributed by atoms with Crippen molar-refractivity contribution in [2.75, 3.05) is 18.0 Å². The third-order valence-electron chi connectivity index (χ3n) is 4.35. The normalized spacial score (nSPS) is 22.9. The average molecular weight is 353 g/mol. The molecule has 2 unspecified atom stereocenters. The monoisotopic (exact) mass is 352 g/mol. The van der Waals surface area contributed by atoms with Gasteiger partial charge in [-0.3, -0.25) is 0 Å². The Bertz CT molecular complexity index is 459. The lowest BCUT2D eigenvalue weighted by atomic mass is 9.94. The molecule has 1 aromatic rings. The van der Waals surface area contributed by atoms with Gasteiger partial charge in [0.05, 0.1) is 0 Å². The second kappa shape index (κ2) is 7.64. The largest absolute Gasteiger partial charge is 0.369 e. The van der Waals surface area contributed by atoms with E-state index >= 15 is 0 Å². The van der Waals surface area contributed by atoms with Crippen LogP contribution in [0.5, 0.6) is 0 Å². The van der Waals surface area contributed by atoms with Gasteiger partial charge in [0.25, 0.3) is 0 Å². The van der Waals surface area contributed by atoms with Crippen LogP contribution >= 0.6 is 15.9 Å². The molecule has 2 atom stereocenters. The van der Waals surface area contributed by atoms with Crippen LogP contribution in [0.1, 0.15) is 46.1 Å². The van der Waals surface area contributed by atoms with Gasteiger partial charge in [-0.2, -0.15) is 0 Å². The van der Waals surface area contributed by atoms with E-state index < -0.39 is 0 Å². The maximum atomic E-state index is 3.75. The SMILES string of the molecule is CC(C)CNCc1ccc(N2CC(C)CCC2C)cc1Br. The van der Waals surface area contributed by atoms with Crippen molar-refractivity contribution in [1.29, 1.82) is 0 Å². The lowest BCUT2D eigenvalue weighted by Crippen LogP contribution is -2.41. The van der Waals surface area contributed by atoms with Crippen LogP contribution in [0.25, 0.3) is 0 Å². The molecule has 0 saturated carbocycles. The van der Waals surface area contributed by atoms with Crippen molar-refractivity contribution in [3.8, 4) is 0 Å². The smallest absolute Gasteiger partial charge is 0.0380 e. The summed E-state index contributed by atoms with van der Waals surface area (Å²) in [5, 5.41) is 3.51. The summed E-state index contributed by atoms with van der Waals surface area (Å²) in [5.74, 6) is 1.49. The molecule has 1 aromatic carbocycles. The van der Waals surface area contributed by atoms with E-state index in [4.69, 9.17) is 0 Å². The van der Waals surface area contributed by atoms with Crippen LogP contribution in [0.4, 0.5) is 5.69 Å². The van der Waals surface area contributed by atoms with Crippen LogP contribution in [0.15, 0.2) is 22.7 Å². The van der Waals surface area contributed by atoms with Gasteiger partial charge in [0, 0.05) is 29.3 Å². The number of benzene rings is 1. The van der Waals surface area contributed by atoms with Gasteiger partial charge < -0.3 is 10.2 Å². The Morgan fingerprint density at radius 3 is 2.71 bits per heavy atom. The molecule has 0 aromatic heterocycles. The summed E-state index contributed by atoms with van der Waals surface area (Å²) in [6.07, 6.45) is 2.66. The van der Waals surface area contributed by atoms with E-state index in [1.165, 1.54) is 35.1 Å². The lowest BCUT2D eigenvalue weighted by molar-refractivity contribution is 0.390. The van der Waals surface area contributed by atoms with Gasteiger partial charge in [0.2, 0.25) is 0 Å². The van der Waals surface area contributed by atoms with Gasteiger partial charge in [-0.25, -0.2) is 0 Å². The van der Waals surface area contributed by atoms with E-state index in [9.17, 15) is 0 Å². The molecule has 1 N–H and O–H groups in total. The number of hydrogen-bond donors (Lipinski definition) is 1. The number of halogens is 1. The summed E-state index contributed by atoms with van der Waals surface area (Å²) in [6.45, 7) is 12.4. The molecular formula is C18H29BrN2. The molecule has 0 aliphatic carbocycles. The zero-order valence-electron chi connectivity index (χ0n) is 13.8. The van der Waals surface area contributed by atoms with Crippen LogP contribution in [0.3, 0.4) is 0 Å². The van der Waals surface area contributed by atoms with E-state index in [1.807, 2.05) is 0 Å². The minimum atomic E-state index is 0.651. The summed E-state index contributed by atoms with van der Waals surface area (Å²) in [5.41, 5.74) is 2.70. The predicted molar refractivity (Wildman–Crippen MR) is 95.9 cm³/mol. The summed E-state index contributed by atoms with van der Waals surface area (Å²) in [6, 6.07) is 7.49. The van der Waals surface area contributed by atoms with Gasteiger partial charge in [-0.15, -0.1) is 0 Å². The summed E-state index contributed by atoms with van der Waals surface area (Å²) in [4.78, 5) is 2.56. The average Bonchev–Trinajstić information content (AvgIpc) is 2.43. The molecule has 1 aliphatic rings. The van der Waals surface area contributed by atoms with E-state index in [0.29, 0.717) is 12.0 Å². The Kier molecular flexibility index (Phi) is 6.12.